The summed E-state index contributed by atoms with van der Waals surface area (Å²) < 4.78 is 0. The van der Waals surface area contributed by atoms with Crippen molar-refractivity contribution in [3.05, 3.63) is 101 Å². The fourth-order valence-electron chi connectivity index (χ4n) is 3.13. The Bertz CT molecular complexity index is 921. The molecule has 0 radical (unpaired) electrons. The lowest BCUT2D eigenvalue weighted by Crippen LogP contribution is -2.30. The van der Waals surface area contributed by atoms with E-state index in [0.29, 0.717) is 0 Å². The molecule has 4 heteroatoms. The van der Waals surface area contributed by atoms with Gasteiger partial charge in [0.05, 0.1) is 0 Å². The first-order valence-corrected chi connectivity index (χ1v) is 10.1. The second kappa shape index (κ2) is 9.78. The van der Waals surface area contributed by atoms with Gasteiger partial charge in [-0.3, -0.25) is 0 Å². The van der Waals surface area contributed by atoms with Gasteiger partial charge in [-0.2, -0.15) is 0 Å². The van der Waals surface area contributed by atoms with Gasteiger partial charge in [-0.15, -0.1) is 0 Å². The lowest BCUT2D eigenvalue weighted by molar-refractivity contribution is 0.615. The van der Waals surface area contributed by atoms with Gasteiger partial charge < -0.3 is 16.0 Å². The molecule has 4 nitrogen and oxygen atoms in total. The van der Waals surface area contributed by atoms with Crippen molar-refractivity contribution in [3.63, 3.8) is 0 Å². The van der Waals surface area contributed by atoms with Gasteiger partial charge in [0.1, 0.15) is 12.0 Å². The molecule has 0 saturated heterocycles. The third-order valence-electron chi connectivity index (χ3n) is 4.64. The third kappa shape index (κ3) is 5.85. The molecule has 150 valence electrons. The van der Waals surface area contributed by atoms with Crippen LogP contribution in [0.15, 0.2) is 89.7 Å². The van der Waals surface area contributed by atoms with E-state index in [1.54, 1.807) is 0 Å². The summed E-state index contributed by atoms with van der Waals surface area (Å²) in [5.74, 6) is 0.802. The fourth-order valence-corrected chi connectivity index (χ4v) is 3.13. The highest BCUT2D eigenvalue weighted by Crippen LogP contribution is 2.20. The van der Waals surface area contributed by atoms with Crippen molar-refractivity contribution in [2.45, 2.75) is 33.4 Å². The highest BCUT2D eigenvalue weighted by atomic mass is 15.1. The normalized spacial score (nSPS) is 16.4. The molecule has 29 heavy (non-hydrogen) atoms. The molecule has 0 saturated carbocycles. The first kappa shape index (κ1) is 20.5. The number of rotatable bonds is 7. The third-order valence-corrected chi connectivity index (χ3v) is 4.64. The molecule has 0 fully saturated rings. The zero-order valence-electron chi connectivity index (χ0n) is 17.5. The fraction of sp³-hybridized carbons (Fsp3) is 0.240. The first-order valence-electron chi connectivity index (χ1n) is 10.1. The smallest absolute Gasteiger partial charge is 0.146 e. The molecule has 3 N–H and O–H groups in total. The number of aliphatic imine (C=N–C) groups is 1. The second-order valence-corrected chi connectivity index (χ2v) is 7.30. The van der Waals surface area contributed by atoms with Crippen molar-refractivity contribution in [2.75, 3.05) is 6.54 Å². The quantitative estimate of drug-likeness (QED) is 0.584. The van der Waals surface area contributed by atoms with E-state index in [9.17, 15) is 0 Å². The SMILES string of the molecule is C=C(/C=C(\NCCC)c1ccccc1)NC1=NC(c2ccc(C)cc2)NC(C)=C1. The Labute approximate surface area is 174 Å². The van der Waals surface area contributed by atoms with Gasteiger partial charge in [-0.25, -0.2) is 4.99 Å². The summed E-state index contributed by atoms with van der Waals surface area (Å²) in [6.07, 6.45) is 5.00. The Balaban J connectivity index is 1.78. The molecule has 1 atom stereocenters. The lowest BCUT2D eigenvalue weighted by Gasteiger charge is -2.23. The van der Waals surface area contributed by atoms with E-state index in [0.717, 1.165) is 47.0 Å². The van der Waals surface area contributed by atoms with E-state index in [2.05, 4.69) is 72.8 Å². The van der Waals surface area contributed by atoms with Gasteiger partial charge in [-0.05, 0) is 43.5 Å². The maximum absolute atomic E-state index is 4.82. The van der Waals surface area contributed by atoms with Crippen molar-refractivity contribution in [2.24, 2.45) is 4.99 Å². The minimum atomic E-state index is -0.105. The van der Waals surface area contributed by atoms with Crippen molar-refractivity contribution >= 4 is 11.5 Å². The van der Waals surface area contributed by atoms with Gasteiger partial charge in [0.2, 0.25) is 0 Å². The van der Waals surface area contributed by atoms with Gasteiger partial charge in [0, 0.05) is 23.6 Å². The number of hydrogen-bond acceptors (Lipinski definition) is 4. The highest BCUT2D eigenvalue weighted by molar-refractivity contribution is 5.95. The van der Waals surface area contributed by atoms with Gasteiger partial charge in [0.25, 0.3) is 0 Å². The molecule has 1 aliphatic heterocycles. The van der Waals surface area contributed by atoms with E-state index in [4.69, 9.17) is 4.99 Å². The van der Waals surface area contributed by atoms with Crippen LogP contribution in [-0.4, -0.2) is 12.4 Å². The molecule has 1 aliphatic rings. The average Bonchev–Trinajstić information content (AvgIpc) is 2.72. The topological polar surface area (TPSA) is 48.5 Å². The van der Waals surface area contributed by atoms with Crippen LogP contribution in [0.4, 0.5) is 0 Å². The Kier molecular flexibility index (Phi) is 6.90. The zero-order valence-corrected chi connectivity index (χ0v) is 17.5. The molecule has 0 amide bonds. The Morgan fingerprint density at radius 3 is 2.52 bits per heavy atom. The van der Waals surface area contributed by atoms with Crippen LogP contribution in [0.5, 0.6) is 0 Å². The van der Waals surface area contributed by atoms with Crippen LogP contribution in [0, 0.1) is 6.92 Å². The van der Waals surface area contributed by atoms with Crippen molar-refractivity contribution in [1.82, 2.24) is 16.0 Å². The Hall–Kier alpha value is -3.27. The molecule has 1 heterocycles. The summed E-state index contributed by atoms with van der Waals surface area (Å²) in [5, 5.41) is 10.3. The predicted octanol–water partition coefficient (Wildman–Crippen LogP) is 5.04. The minimum Gasteiger partial charge on any atom is -0.385 e. The van der Waals surface area contributed by atoms with Crippen LogP contribution >= 0.6 is 0 Å². The maximum atomic E-state index is 4.82. The summed E-state index contributed by atoms with van der Waals surface area (Å²) in [4.78, 5) is 4.82. The first-order chi connectivity index (χ1) is 14.0. The van der Waals surface area contributed by atoms with Crippen LogP contribution < -0.4 is 16.0 Å². The van der Waals surface area contributed by atoms with Crippen LogP contribution in [0.2, 0.25) is 0 Å². The van der Waals surface area contributed by atoms with Crippen molar-refractivity contribution in [1.29, 1.82) is 0 Å². The number of aryl methyl sites for hydroxylation is 1. The number of hydrogen-bond donors (Lipinski definition) is 3. The van der Waals surface area contributed by atoms with Crippen molar-refractivity contribution < 1.29 is 0 Å². The maximum Gasteiger partial charge on any atom is 0.146 e. The molecule has 0 aromatic heterocycles. The van der Waals surface area contributed by atoms with Gasteiger partial charge in [-0.1, -0.05) is 73.7 Å². The summed E-state index contributed by atoms with van der Waals surface area (Å²) in [5.41, 5.74) is 6.43. The van der Waals surface area contributed by atoms with E-state index < -0.39 is 0 Å². The summed E-state index contributed by atoms with van der Waals surface area (Å²) in [6, 6.07) is 18.8. The molecule has 2 aromatic carbocycles. The predicted molar refractivity (Wildman–Crippen MR) is 123 cm³/mol. The van der Waals surface area contributed by atoms with Crippen LogP contribution in [0.3, 0.4) is 0 Å². The van der Waals surface area contributed by atoms with E-state index >= 15 is 0 Å². The summed E-state index contributed by atoms with van der Waals surface area (Å²) in [6.45, 7) is 11.4. The molecular weight excluding hydrogens is 356 g/mol. The van der Waals surface area contributed by atoms with E-state index in [1.807, 2.05) is 37.3 Å². The average molecular weight is 387 g/mol. The molecule has 0 bridgehead atoms. The van der Waals surface area contributed by atoms with Crippen LogP contribution in [0.1, 0.15) is 43.1 Å². The summed E-state index contributed by atoms with van der Waals surface area (Å²) >= 11 is 0. The van der Waals surface area contributed by atoms with Crippen LogP contribution in [0.25, 0.3) is 5.70 Å². The largest absolute Gasteiger partial charge is 0.385 e. The second-order valence-electron chi connectivity index (χ2n) is 7.30. The molecule has 0 aliphatic carbocycles. The minimum absolute atomic E-state index is 0.105. The van der Waals surface area contributed by atoms with Gasteiger partial charge in [0.15, 0.2) is 0 Å². The molecular formula is C25H30N4. The number of allylic oxidation sites excluding steroid dienone is 2. The Morgan fingerprint density at radius 1 is 1.10 bits per heavy atom. The zero-order chi connectivity index (χ0) is 20.6. The Morgan fingerprint density at radius 2 is 1.83 bits per heavy atom. The number of benzene rings is 2. The summed E-state index contributed by atoms with van der Waals surface area (Å²) in [7, 11) is 0. The van der Waals surface area contributed by atoms with E-state index in [-0.39, 0.29) is 6.17 Å². The van der Waals surface area contributed by atoms with Crippen LogP contribution in [-0.2, 0) is 0 Å². The number of nitrogens with one attached hydrogen (secondary N) is 3. The molecule has 1 unspecified atom stereocenters. The molecule has 2 aromatic rings. The standard InChI is InChI=1S/C25H30N4/c1-5-15-26-23(21-9-7-6-8-10-21)16-19(3)27-24-17-20(4)28-25(29-24)22-13-11-18(2)12-14-22/h6-14,16-17,25-26,28H,3,5,15H2,1-2,4H3,(H,27,29)/b23-16-. The number of nitrogens with zero attached hydrogens (tertiary/aromatic N) is 1. The van der Waals surface area contributed by atoms with Gasteiger partial charge >= 0.3 is 0 Å². The monoisotopic (exact) mass is 386 g/mol. The lowest BCUT2D eigenvalue weighted by atomic mass is 10.1. The van der Waals surface area contributed by atoms with E-state index in [1.165, 1.54) is 5.56 Å². The van der Waals surface area contributed by atoms with Crippen molar-refractivity contribution in [3.8, 4) is 0 Å². The number of amidine groups is 1. The highest BCUT2D eigenvalue weighted by Gasteiger charge is 2.15. The molecule has 0 spiro atoms. The molecule has 3 rings (SSSR count).